The summed E-state index contributed by atoms with van der Waals surface area (Å²) in [6.45, 7) is -1.25. The first kappa shape index (κ1) is 13.6. The van der Waals surface area contributed by atoms with Gasteiger partial charge in [-0.15, -0.1) is 0 Å². The van der Waals surface area contributed by atoms with Gasteiger partial charge in [-0.2, -0.15) is 8.78 Å². The molecule has 16 heavy (non-hydrogen) atoms. The van der Waals surface area contributed by atoms with Crippen LogP contribution in [0, 0.1) is 0 Å². The van der Waals surface area contributed by atoms with E-state index in [4.69, 9.17) is 0 Å². The molecule has 6 heteroatoms. The third-order valence-corrected chi connectivity index (χ3v) is 2.86. The number of halogens is 4. The lowest BCUT2D eigenvalue weighted by Crippen LogP contribution is -2.10. The van der Waals surface area contributed by atoms with Crippen molar-refractivity contribution in [1.29, 1.82) is 0 Å². The van der Waals surface area contributed by atoms with Crippen molar-refractivity contribution in [3.8, 4) is 5.75 Å². The Bertz CT molecular complexity index is 394. The van der Waals surface area contributed by atoms with Crippen molar-refractivity contribution in [3.63, 3.8) is 0 Å². The van der Waals surface area contributed by atoms with Crippen LogP contribution < -0.4 is 4.74 Å². The fraction of sp³-hybridized carbons (Fsp3) is 0.300. The van der Waals surface area contributed by atoms with Crippen molar-refractivity contribution in [2.24, 2.45) is 0 Å². The second-order valence-corrected chi connectivity index (χ2v) is 5.23. The van der Waals surface area contributed by atoms with Crippen LogP contribution in [0.4, 0.5) is 8.78 Å². The minimum absolute atomic E-state index is 0.0472. The van der Waals surface area contributed by atoms with Crippen LogP contribution in [-0.4, -0.2) is 17.2 Å². The van der Waals surface area contributed by atoms with Crippen LogP contribution in [0.15, 0.2) is 22.7 Å². The highest BCUT2D eigenvalue weighted by molar-refractivity contribution is 9.10. The summed E-state index contributed by atoms with van der Waals surface area (Å²) in [4.78, 5) is 11.2. The molecular formula is C10H8Br2F2O2. The van der Waals surface area contributed by atoms with E-state index in [0.29, 0.717) is 10.0 Å². The number of alkyl halides is 3. The van der Waals surface area contributed by atoms with Gasteiger partial charge in [0.2, 0.25) is 0 Å². The van der Waals surface area contributed by atoms with Crippen LogP contribution >= 0.6 is 31.9 Å². The third-order valence-electron chi connectivity index (χ3n) is 1.79. The van der Waals surface area contributed by atoms with Gasteiger partial charge >= 0.3 is 6.61 Å². The molecule has 0 bridgehead atoms. The van der Waals surface area contributed by atoms with Crippen LogP contribution in [0.1, 0.15) is 17.3 Å². The molecule has 0 aliphatic carbocycles. The average Bonchev–Trinajstić information content (AvgIpc) is 2.19. The molecule has 0 fully saturated rings. The van der Waals surface area contributed by atoms with Gasteiger partial charge in [0.05, 0.1) is 9.30 Å². The van der Waals surface area contributed by atoms with E-state index in [1.807, 2.05) is 0 Å². The van der Waals surface area contributed by atoms with Crippen molar-refractivity contribution in [3.05, 3.63) is 28.2 Å². The Hall–Kier alpha value is -0.490. The summed E-state index contributed by atoms with van der Waals surface area (Å²) in [6, 6.07) is 4.33. The molecule has 1 rings (SSSR count). The lowest BCUT2D eigenvalue weighted by molar-refractivity contribution is -0.0503. The molecule has 0 spiro atoms. The largest absolute Gasteiger partial charge is 0.434 e. The first-order valence-corrected chi connectivity index (χ1v) is 6.05. The number of rotatable bonds is 4. The fourth-order valence-corrected chi connectivity index (χ4v) is 1.68. The molecule has 1 unspecified atom stereocenters. The Balaban J connectivity index is 3.02. The highest BCUT2D eigenvalue weighted by Gasteiger charge is 2.15. The number of hydrogen-bond donors (Lipinski definition) is 0. The maximum atomic E-state index is 12.1. The first-order valence-electron chi connectivity index (χ1n) is 4.34. The van der Waals surface area contributed by atoms with Gasteiger partial charge in [0.15, 0.2) is 5.78 Å². The standard InChI is InChI=1S/C10H8Br2F2O2/c1-5(11)9(15)6-2-3-7(12)8(4-6)16-10(13)14/h2-5,10H,1H3. The molecule has 1 aromatic rings. The Kier molecular flexibility index (Phi) is 4.86. The zero-order valence-corrected chi connectivity index (χ0v) is 11.4. The lowest BCUT2D eigenvalue weighted by Gasteiger charge is -2.09. The minimum atomic E-state index is -2.91. The highest BCUT2D eigenvalue weighted by Crippen LogP contribution is 2.28. The van der Waals surface area contributed by atoms with Crippen LogP contribution in [0.5, 0.6) is 5.75 Å². The van der Waals surface area contributed by atoms with Crippen LogP contribution in [0.25, 0.3) is 0 Å². The van der Waals surface area contributed by atoms with E-state index in [1.165, 1.54) is 12.1 Å². The predicted molar refractivity (Wildman–Crippen MR) is 63.5 cm³/mol. The molecular weight excluding hydrogens is 350 g/mol. The topological polar surface area (TPSA) is 26.3 Å². The van der Waals surface area contributed by atoms with Crippen molar-refractivity contribution >= 4 is 37.6 Å². The van der Waals surface area contributed by atoms with Gasteiger partial charge in [0.1, 0.15) is 5.75 Å². The number of carbonyl (C=O) groups excluding carboxylic acids is 1. The summed E-state index contributed by atoms with van der Waals surface area (Å²) in [7, 11) is 0. The second-order valence-electron chi connectivity index (χ2n) is 3.00. The van der Waals surface area contributed by atoms with Crippen LogP contribution in [0.3, 0.4) is 0 Å². The minimum Gasteiger partial charge on any atom is -0.434 e. The predicted octanol–water partition coefficient (Wildman–Crippen LogP) is 4.02. The summed E-state index contributed by atoms with van der Waals surface area (Å²) in [5, 5.41) is 0. The number of ketones is 1. The Morgan fingerprint density at radius 3 is 2.56 bits per heavy atom. The third kappa shape index (κ3) is 3.52. The zero-order chi connectivity index (χ0) is 12.3. The molecule has 1 atom stereocenters. The van der Waals surface area contributed by atoms with E-state index in [-0.39, 0.29) is 16.4 Å². The molecule has 0 heterocycles. The molecule has 0 amide bonds. The number of ether oxygens (including phenoxy) is 1. The number of carbonyl (C=O) groups is 1. The van der Waals surface area contributed by atoms with Gasteiger partial charge in [-0.25, -0.2) is 0 Å². The van der Waals surface area contributed by atoms with Crippen molar-refractivity contribution < 1.29 is 18.3 Å². The van der Waals surface area contributed by atoms with Gasteiger partial charge in [0, 0.05) is 5.56 Å². The van der Waals surface area contributed by atoms with E-state index in [0.717, 1.165) is 0 Å². The zero-order valence-electron chi connectivity index (χ0n) is 8.22. The summed E-state index contributed by atoms with van der Waals surface area (Å²) in [5.74, 6) is -0.236. The lowest BCUT2D eigenvalue weighted by atomic mass is 10.1. The summed E-state index contributed by atoms with van der Waals surface area (Å²) < 4.78 is 28.8. The molecule has 0 saturated carbocycles. The van der Waals surface area contributed by atoms with Gasteiger partial charge in [-0.05, 0) is 41.1 Å². The number of benzene rings is 1. The number of hydrogen-bond acceptors (Lipinski definition) is 2. The van der Waals surface area contributed by atoms with Crippen molar-refractivity contribution in [2.45, 2.75) is 18.4 Å². The normalized spacial score (nSPS) is 12.6. The molecule has 1 aromatic carbocycles. The molecule has 2 nitrogen and oxygen atoms in total. The molecule has 0 aromatic heterocycles. The highest BCUT2D eigenvalue weighted by atomic mass is 79.9. The van der Waals surface area contributed by atoms with E-state index in [1.54, 1.807) is 13.0 Å². The molecule has 88 valence electrons. The summed E-state index contributed by atoms with van der Waals surface area (Å²) in [5.41, 5.74) is 0.322. The van der Waals surface area contributed by atoms with Crippen LogP contribution in [0.2, 0.25) is 0 Å². The number of Topliss-reactive ketones (excluding diaryl/α,β-unsaturated/α-hetero) is 1. The SMILES string of the molecule is CC(Br)C(=O)c1ccc(Br)c(OC(F)F)c1. The van der Waals surface area contributed by atoms with Gasteiger partial charge in [0.25, 0.3) is 0 Å². The van der Waals surface area contributed by atoms with Crippen molar-refractivity contribution in [1.82, 2.24) is 0 Å². The van der Waals surface area contributed by atoms with E-state index >= 15 is 0 Å². The Morgan fingerprint density at radius 2 is 2.06 bits per heavy atom. The maximum Gasteiger partial charge on any atom is 0.387 e. The molecule has 0 aliphatic heterocycles. The first-order chi connectivity index (χ1) is 7.41. The average molecular weight is 358 g/mol. The van der Waals surface area contributed by atoms with Crippen LogP contribution in [-0.2, 0) is 0 Å². The summed E-state index contributed by atoms with van der Waals surface area (Å²) in [6.07, 6.45) is 0. The molecule has 0 aliphatic rings. The summed E-state index contributed by atoms with van der Waals surface area (Å²) >= 11 is 6.18. The smallest absolute Gasteiger partial charge is 0.387 e. The van der Waals surface area contributed by atoms with E-state index < -0.39 is 6.61 Å². The van der Waals surface area contributed by atoms with Gasteiger partial charge in [-0.1, -0.05) is 15.9 Å². The van der Waals surface area contributed by atoms with E-state index in [2.05, 4.69) is 36.6 Å². The molecule has 0 saturated heterocycles. The maximum absolute atomic E-state index is 12.1. The Labute approximate surface area is 108 Å². The molecule has 0 radical (unpaired) electrons. The van der Waals surface area contributed by atoms with Crippen molar-refractivity contribution in [2.75, 3.05) is 0 Å². The monoisotopic (exact) mass is 356 g/mol. The fourth-order valence-electron chi connectivity index (χ4n) is 1.07. The van der Waals surface area contributed by atoms with Gasteiger partial charge < -0.3 is 4.74 Å². The quantitative estimate of drug-likeness (QED) is 0.601. The van der Waals surface area contributed by atoms with Gasteiger partial charge in [-0.3, -0.25) is 4.79 Å². The van der Waals surface area contributed by atoms with E-state index in [9.17, 15) is 13.6 Å². The molecule has 0 N–H and O–H groups in total. The second kappa shape index (κ2) is 5.72. The Morgan fingerprint density at radius 1 is 1.44 bits per heavy atom.